The summed E-state index contributed by atoms with van der Waals surface area (Å²) >= 11 is 5.90. The van der Waals surface area contributed by atoms with Gasteiger partial charge in [0.15, 0.2) is 0 Å². The molecule has 0 aliphatic heterocycles. The summed E-state index contributed by atoms with van der Waals surface area (Å²) in [5.41, 5.74) is 2.56. The molecule has 5 nitrogen and oxygen atoms in total. The van der Waals surface area contributed by atoms with E-state index in [1.54, 1.807) is 18.2 Å². The SMILES string of the molecule is Cc1ccc(Cl)cc1CS(=O)(=O)NCC(=O)NCCc1ccccc1. The first-order chi connectivity index (χ1) is 11.9. The molecule has 2 aromatic carbocycles. The molecule has 0 unspecified atom stereocenters. The first-order valence-electron chi connectivity index (χ1n) is 7.89. The molecule has 0 radical (unpaired) electrons. The molecule has 0 fully saturated rings. The Kier molecular flexibility index (Phi) is 6.99. The van der Waals surface area contributed by atoms with Gasteiger partial charge in [0, 0.05) is 11.6 Å². The van der Waals surface area contributed by atoms with Crippen LogP contribution in [0.4, 0.5) is 0 Å². The quantitative estimate of drug-likeness (QED) is 0.738. The number of aryl methyl sites for hydroxylation is 1. The van der Waals surface area contributed by atoms with Gasteiger partial charge < -0.3 is 5.32 Å². The van der Waals surface area contributed by atoms with Crippen LogP contribution >= 0.6 is 11.6 Å². The van der Waals surface area contributed by atoms with Crippen LogP contribution in [0.1, 0.15) is 16.7 Å². The van der Waals surface area contributed by atoms with E-state index in [-0.39, 0.29) is 18.2 Å². The molecule has 25 heavy (non-hydrogen) atoms. The van der Waals surface area contributed by atoms with E-state index < -0.39 is 10.0 Å². The Balaban J connectivity index is 1.78. The van der Waals surface area contributed by atoms with Crippen LogP contribution in [0.15, 0.2) is 48.5 Å². The molecule has 0 bridgehead atoms. The molecule has 0 saturated carbocycles. The normalized spacial score (nSPS) is 11.3. The molecule has 0 aliphatic rings. The number of carbonyl (C=O) groups is 1. The summed E-state index contributed by atoms with van der Waals surface area (Å²) in [5.74, 6) is -0.571. The van der Waals surface area contributed by atoms with E-state index in [9.17, 15) is 13.2 Å². The minimum Gasteiger partial charge on any atom is -0.355 e. The van der Waals surface area contributed by atoms with Crippen molar-refractivity contribution < 1.29 is 13.2 Å². The van der Waals surface area contributed by atoms with Crippen LogP contribution in [0.3, 0.4) is 0 Å². The van der Waals surface area contributed by atoms with Crippen molar-refractivity contribution in [2.75, 3.05) is 13.1 Å². The van der Waals surface area contributed by atoms with Crippen molar-refractivity contribution >= 4 is 27.5 Å². The number of carbonyl (C=O) groups excluding carboxylic acids is 1. The third-order valence-electron chi connectivity index (χ3n) is 3.69. The van der Waals surface area contributed by atoms with E-state index in [2.05, 4.69) is 10.0 Å². The number of halogens is 1. The number of amides is 1. The lowest BCUT2D eigenvalue weighted by Gasteiger charge is -2.10. The van der Waals surface area contributed by atoms with Crippen molar-refractivity contribution in [1.82, 2.24) is 10.0 Å². The van der Waals surface area contributed by atoms with Gasteiger partial charge in [-0.2, -0.15) is 0 Å². The number of hydrogen-bond donors (Lipinski definition) is 2. The molecule has 0 atom stereocenters. The molecule has 2 aromatic rings. The van der Waals surface area contributed by atoms with Crippen LogP contribution in [-0.4, -0.2) is 27.4 Å². The maximum atomic E-state index is 12.1. The highest BCUT2D eigenvalue weighted by Gasteiger charge is 2.15. The van der Waals surface area contributed by atoms with Crippen LogP contribution in [0, 0.1) is 6.92 Å². The van der Waals surface area contributed by atoms with Crippen molar-refractivity contribution in [3.05, 3.63) is 70.2 Å². The van der Waals surface area contributed by atoms with Crippen molar-refractivity contribution in [2.45, 2.75) is 19.1 Å². The smallest absolute Gasteiger partial charge is 0.235 e. The average molecular weight is 381 g/mol. The standard InChI is InChI=1S/C18H21ClN2O3S/c1-14-7-8-17(19)11-16(14)13-25(23,24)21-12-18(22)20-10-9-15-5-3-2-4-6-15/h2-8,11,21H,9-10,12-13H2,1H3,(H,20,22). The summed E-state index contributed by atoms with van der Waals surface area (Å²) < 4.78 is 26.6. The van der Waals surface area contributed by atoms with Gasteiger partial charge in [-0.15, -0.1) is 0 Å². The lowest BCUT2D eigenvalue weighted by atomic mass is 10.1. The van der Waals surface area contributed by atoms with Crippen LogP contribution in [-0.2, 0) is 27.0 Å². The topological polar surface area (TPSA) is 75.3 Å². The minimum atomic E-state index is -3.62. The Morgan fingerprint density at radius 2 is 1.84 bits per heavy atom. The van der Waals surface area contributed by atoms with Crippen molar-refractivity contribution in [2.24, 2.45) is 0 Å². The summed E-state index contributed by atoms with van der Waals surface area (Å²) in [4.78, 5) is 11.8. The molecule has 0 saturated heterocycles. The molecule has 7 heteroatoms. The lowest BCUT2D eigenvalue weighted by molar-refractivity contribution is -0.119. The molecule has 2 N–H and O–H groups in total. The van der Waals surface area contributed by atoms with E-state index in [4.69, 9.17) is 11.6 Å². The maximum Gasteiger partial charge on any atom is 0.235 e. The molecule has 0 spiro atoms. The summed E-state index contributed by atoms with van der Waals surface area (Å²) in [7, 11) is -3.62. The molecule has 0 heterocycles. The van der Waals surface area contributed by atoms with E-state index in [1.165, 1.54) is 0 Å². The van der Waals surface area contributed by atoms with Gasteiger partial charge in [0.1, 0.15) is 0 Å². The van der Waals surface area contributed by atoms with E-state index in [1.807, 2.05) is 37.3 Å². The first-order valence-corrected chi connectivity index (χ1v) is 9.92. The third kappa shape index (κ3) is 6.86. The fourth-order valence-corrected chi connectivity index (χ4v) is 3.65. The number of rotatable bonds is 8. The number of hydrogen-bond acceptors (Lipinski definition) is 3. The Hall–Kier alpha value is -1.89. The van der Waals surface area contributed by atoms with Crippen LogP contribution in [0.25, 0.3) is 0 Å². The lowest BCUT2D eigenvalue weighted by Crippen LogP contribution is -2.38. The largest absolute Gasteiger partial charge is 0.355 e. The molecule has 134 valence electrons. The predicted octanol–water partition coefficient (Wildman–Crippen LogP) is 2.43. The zero-order valence-electron chi connectivity index (χ0n) is 14.0. The highest BCUT2D eigenvalue weighted by atomic mass is 35.5. The Morgan fingerprint density at radius 3 is 2.56 bits per heavy atom. The van der Waals surface area contributed by atoms with Crippen molar-refractivity contribution in [3.8, 4) is 0 Å². The van der Waals surface area contributed by atoms with E-state index in [0.29, 0.717) is 23.6 Å². The van der Waals surface area contributed by atoms with Crippen LogP contribution in [0.5, 0.6) is 0 Å². The van der Waals surface area contributed by atoms with Crippen molar-refractivity contribution in [1.29, 1.82) is 0 Å². The highest BCUT2D eigenvalue weighted by molar-refractivity contribution is 7.88. The Labute approximate surface area is 153 Å². The maximum absolute atomic E-state index is 12.1. The second-order valence-electron chi connectivity index (χ2n) is 5.74. The van der Waals surface area contributed by atoms with Gasteiger partial charge >= 0.3 is 0 Å². The predicted molar refractivity (Wildman–Crippen MR) is 100.0 cm³/mol. The second kappa shape index (κ2) is 8.99. The van der Waals surface area contributed by atoms with Crippen LogP contribution < -0.4 is 10.0 Å². The average Bonchev–Trinajstić information content (AvgIpc) is 2.57. The third-order valence-corrected chi connectivity index (χ3v) is 5.20. The number of nitrogens with one attached hydrogen (secondary N) is 2. The van der Waals surface area contributed by atoms with Gasteiger partial charge in [-0.05, 0) is 42.2 Å². The fourth-order valence-electron chi connectivity index (χ4n) is 2.28. The Bertz CT molecular complexity index is 823. The highest BCUT2D eigenvalue weighted by Crippen LogP contribution is 2.17. The zero-order valence-corrected chi connectivity index (χ0v) is 15.5. The van der Waals surface area contributed by atoms with Gasteiger partial charge in [0.05, 0.1) is 12.3 Å². The van der Waals surface area contributed by atoms with E-state index in [0.717, 1.165) is 11.1 Å². The zero-order chi connectivity index (χ0) is 18.3. The molecule has 0 aromatic heterocycles. The van der Waals surface area contributed by atoms with Gasteiger partial charge in [-0.1, -0.05) is 48.0 Å². The first kappa shape index (κ1) is 19.4. The summed E-state index contributed by atoms with van der Waals surface area (Å²) in [6.45, 7) is 1.99. The fraction of sp³-hybridized carbons (Fsp3) is 0.278. The monoisotopic (exact) mass is 380 g/mol. The minimum absolute atomic E-state index is 0.212. The Morgan fingerprint density at radius 1 is 1.12 bits per heavy atom. The van der Waals surface area contributed by atoms with Gasteiger partial charge in [0.2, 0.25) is 15.9 Å². The second-order valence-corrected chi connectivity index (χ2v) is 7.98. The molecular weight excluding hydrogens is 360 g/mol. The van der Waals surface area contributed by atoms with E-state index >= 15 is 0 Å². The summed E-state index contributed by atoms with van der Waals surface area (Å²) in [6.07, 6.45) is 0.695. The molecule has 0 aliphatic carbocycles. The summed E-state index contributed by atoms with van der Waals surface area (Å²) in [5, 5.41) is 3.18. The van der Waals surface area contributed by atoms with Crippen LogP contribution in [0.2, 0.25) is 5.02 Å². The van der Waals surface area contributed by atoms with Crippen molar-refractivity contribution in [3.63, 3.8) is 0 Å². The van der Waals surface area contributed by atoms with Gasteiger partial charge in [-0.3, -0.25) is 4.79 Å². The number of benzene rings is 2. The molecule has 2 rings (SSSR count). The number of sulfonamides is 1. The molecule has 1 amide bonds. The summed E-state index contributed by atoms with van der Waals surface area (Å²) in [6, 6.07) is 14.8. The van der Waals surface area contributed by atoms with Gasteiger partial charge in [0.25, 0.3) is 0 Å². The molecular formula is C18H21ClN2O3S. The van der Waals surface area contributed by atoms with Gasteiger partial charge in [-0.25, -0.2) is 13.1 Å².